The van der Waals surface area contributed by atoms with Crippen molar-refractivity contribution in [1.82, 2.24) is 0 Å². The van der Waals surface area contributed by atoms with E-state index < -0.39 is 0 Å². The van der Waals surface area contributed by atoms with Crippen molar-refractivity contribution in [3.05, 3.63) is 59.8 Å². The van der Waals surface area contributed by atoms with Gasteiger partial charge in [0.05, 0.1) is 32.3 Å². The molecule has 1 aromatic rings. The van der Waals surface area contributed by atoms with Gasteiger partial charge in [0.25, 0.3) is 0 Å². The van der Waals surface area contributed by atoms with E-state index in [1.54, 1.807) is 0 Å². The standard InChI is InChI=1S/C19H26NO2.BrH/c1-3-8-17-11-13-20(15-17,14-12-19(21)22-4-2)16-18-9-6-5-7-10-18;/h3,5-10,15H,4,11-14,16H2,1-2H3;1H/q+1;/p-1/b8-3+;. The van der Waals surface area contributed by atoms with Gasteiger partial charge in [-0.25, -0.2) is 0 Å². The topological polar surface area (TPSA) is 26.3 Å². The van der Waals surface area contributed by atoms with Crippen LogP contribution in [0, 0.1) is 0 Å². The van der Waals surface area contributed by atoms with Crippen LogP contribution in [0.2, 0.25) is 0 Å². The average molecular weight is 380 g/mol. The van der Waals surface area contributed by atoms with Gasteiger partial charge in [-0.1, -0.05) is 42.5 Å². The van der Waals surface area contributed by atoms with Crippen LogP contribution in [0.3, 0.4) is 0 Å². The summed E-state index contributed by atoms with van der Waals surface area (Å²) < 4.78 is 5.92. The molecule has 1 aliphatic heterocycles. The summed E-state index contributed by atoms with van der Waals surface area (Å²) in [6.07, 6.45) is 8.13. The number of carbonyl (C=O) groups excluding carboxylic acids is 1. The number of allylic oxidation sites excluding steroid dienone is 2. The van der Waals surface area contributed by atoms with Crippen molar-refractivity contribution in [2.45, 2.75) is 33.2 Å². The van der Waals surface area contributed by atoms with Gasteiger partial charge in [0.1, 0.15) is 6.54 Å². The number of esters is 1. The van der Waals surface area contributed by atoms with Crippen LogP contribution >= 0.6 is 0 Å². The first-order valence-electron chi connectivity index (χ1n) is 8.07. The average Bonchev–Trinajstić information content (AvgIpc) is 2.90. The van der Waals surface area contributed by atoms with Crippen molar-refractivity contribution in [2.24, 2.45) is 0 Å². The molecule has 0 N–H and O–H groups in total. The fourth-order valence-corrected chi connectivity index (χ4v) is 3.05. The minimum atomic E-state index is -0.0963. The first kappa shape index (κ1) is 19.7. The third-order valence-electron chi connectivity index (χ3n) is 4.07. The Balaban J connectivity index is 0.00000264. The van der Waals surface area contributed by atoms with Gasteiger partial charge >= 0.3 is 5.97 Å². The van der Waals surface area contributed by atoms with Crippen molar-refractivity contribution in [3.63, 3.8) is 0 Å². The summed E-state index contributed by atoms with van der Waals surface area (Å²) in [5.74, 6) is -0.0963. The predicted molar refractivity (Wildman–Crippen MR) is 88.9 cm³/mol. The number of carbonyl (C=O) groups is 1. The maximum atomic E-state index is 11.7. The van der Waals surface area contributed by atoms with Crippen LogP contribution in [0.15, 0.2) is 54.3 Å². The number of ether oxygens (including phenoxy) is 1. The Kier molecular flexibility index (Phi) is 8.28. The highest BCUT2D eigenvalue weighted by molar-refractivity contribution is 5.69. The fraction of sp³-hybridized carbons (Fsp3) is 0.421. The molecule has 126 valence electrons. The molecule has 1 aromatic carbocycles. The van der Waals surface area contributed by atoms with Gasteiger partial charge in [-0.3, -0.25) is 9.28 Å². The molecule has 1 atom stereocenters. The van der Waals surface area contributed by atoms with Crippen molar-refractivity contribution < 1.29 is 31.0 Å². The summed E-state index contributed by atoms with van der Waals surface area (Å²) in [7, 11) is 0. The van der Waals surface area contributed by atoms with E-state index in [0.29, 0.717) is 13.0 Å². The maximum Gasteiger partial charge on any atom is 0.311 e. The van der Waals surface area contributed by atoms with Crippen molar-refractivity contribution in [2.75, 3.05) is 19.7 Å². The van der Waals surface area contributed by atoms with Gasteiger partial charge < -0.3 is 21.7 Å². The quantitative estimate of drug-likeness (QED) is 0.517. The van der Waals surface area contributed by atoms with Gasteiger partial charge in [0.2, 0.25) is 0 Å². The van der Waals surface area contributed by atoms with E-state index in [2.05, 4.69) is 42.6 Å². The Labute approximate surface area is 150 Å². The molecule has 23 heavy (non-hydrogen) atoms. The maximum absolute atomic E-state index is 11.7. The van der Waals surface area contributed by atoms with Gasteiger partial charge in [-0.15, -0.1) is 0 Å². The summed E-state index contributed by atoms with van der Waals surface area (Å²) in [5, 5.41) is 0. The second-order valence-corrected chi connectivity index (χ2v) is 5.82. The highest BCUT2D eigenvalue weighted by Gasteiger charge is 2.32. The molecule has 4 heteroatoms. The highest BCUT2D eigenvalue weighted by atomic mass is 79.9. The normalized spacial score (nSPS) is 20.2. The SMILES string of the molecule is C/C=C/C1=C[N+](CCC(=O)OCC)(Cc2ccccc2)CC1.[Br-]. The predicted octanol–water partition coefficient (Wildman–Crippen LogP) is 0.824. The molecule has 0 radical (unpaired) electrons. The molecule has 0 saturated carbocycles. The molecule has 0 aromatic heterocycles. The number of nitrogens with zero attached hydrogens (tertiary/aromatic N) is 1. The Bertz CT molecular complexity index is 554. The fourth-order valence-electron chi connectivity index (χ4n) is 3.05. The summed E-state index contributed by atoms with van der Waals surface area (Å²) in [6.45, 7) is 7.14. The van der Waals surface area contributed by atoms with Gasteiger partial charge in [0.15, 0.2) is 0 Å². The number of halogens is 1. The van der Waals surface area contributed by atoms with E-state index in [0.717, 1.165) is 30.5 Å². The van der Waals surface area contributed by atoms with Crippen LogP contribution in [-0.4, -0.2) is 30.1 Å². The van der Waals surface area contributed by atoms with Crippen LogP contribution in [0.5, 0.6) is 0 Å². The zero-order chi connectivity index (χ0) is 15.8. The number of quaternary nitrogens is 1. The van der Waals surface area contributed by atoms with Gasteiger partial charge in [-0.05, 0) is 13.8 Å². The number of hydrogen-bond acceptors (Lipinski definition) is 2. The largest absolute Gasteiger partial charge is 1.00 e. The van der Waals surface area contributed by atoms with E-state index in [-0.39, 0.29) is 23.0 Å². The molecule has 0 amide bonds. The Morgan fingerprint density at radius 3 is 2.70 bits per heavy atom. The molecule has 1 aliphatic rings. The lowest BCUT2D eigenvalue weighted by molar-refractivity contribution is -0.887. The molecule has 1 unspecified atom stereocenters. The first-order valence-corrected chi connectivity index (χ1v) is 8.07. The smallest absolute Gasteiger partial charge is 0.311 e. The van der Waals surface area contributed by atoms with E-state index in [4.69, 9.17) is 4.74 Å². The Morgan fingerprint density at radius 1 is 1.30 bits per heavy atom. The third-order valence-corrected chi connectivity index (χ3v) is 4.07. The lowest BCUT2D eigenvalue weighted by Crippen LogP contribution is -3.00. The summed E-state index contributed by atoms with van der Waals surface area (Å²) in [6, 6.07) is 10.5. The van der Waals surface area contributed by atoms with Crippen molar-refractivity contribution in [1.29, 1.82) is 0 Å². The van der Waals surface area contributed by atoms with Crippen molar-refractivity contribution in [3.8, 4) is 0 Å². The molecule has 1 heterocycles. The second kappa shape index (κ2) is 9.68. The number of rotatable bonds is 7. The second-order valence-electron chi connectivity index (χ2n) is 5.82. The minimum absolute atomic E-state index is 0. The van der Waals surface area contributed by atoms with E-state index in [1.165, 1.54) is 11.1 Å². The Morgan fingerprint density at radius 2 is 2.04 bits per heavy atom. The molecule has 3 nitrogen and oxygen atoms in total. The first-order chi connectivity index (χ1) is 10.7. The summed E-state index contributed by atoms with van der Waals surface area (Å²) in [4.78, 5) is 11.7. The van der Waals surface area contributed by atoms with E-state index in [1.807, 2.05) is 19.9 Å². The van der Waals surface area contributed by atoms with E-state index in [9.17, 15) is 4.79 Å². The molecule has 0 spiro atoms. The monoisotopic (exact) mass is 379 g/mol. The van der Waals surface area contributed by atoms with Crippen LogP contribution in [0.4, 0.5) is 0 Å². The molecule has 0 aliphatic carbocycles. The number of hydrogen-bond donors (Lipinski definition) is 0. The molecule has 0 bridgehead atoms. The zero-order valence-electron chi connectivity index (χ0n) is 14.0. The molecular weight excluding hydrogens is 354 g/mol. The zero-order valence-corrected chi connectivity index (χ0v) is 15.6. The van der Waals surface area contributed by atoms with Crippen molar-refractivity contribution >= 4 is 5.97 Å². The molecule has 0 saturated heterocycles. The Hall–Kier alpha value is -1.39. The lowest BCUT2D eigenvalue weighted by atomic mass is 10.2. The van der Waals surface area contributed by atoms with Crippen LogP contribution in [0.25, 0.3) is 0 Å². The number of benzene rings is 1. The van der Waals surface area contributed by atoms with E-state index >= 15 is 0 Å². The van der Waals surface area contributed by atoms with Gasteiger partial charge in [0, 0.05) is 17.6 Å². The molecule has 2 rings (SSSR count). The highest BCUT2D eigenvalue weighted by Crippen LogP contribution is 2.28. The molecule has 0 fully saturated rings. The van der Waals surface area contributed by atoms with Crippen LogP contribution in [-0.2, 0) is 16.1 Å². The summed E-state index contributed by atoms with van der Waals surface area (Å²) >= 11 is 0. The van der Waals surface area contributed by atoms with Crippen LogP contribution < -0.4 is 17.0 Å². The third kappa shape index (κ3) is 5.96. The van der Waals surface area contributed by atoms with Gasteiger partial charge in [-0.2, -0.15) is 0 Å². The molecular formula is C19H26BrNO2. The summed E-state index contributed by atoms with van der Waals surface area (Å²) in [5.41, 5.74) is 2.67. The van der Waals surface area contributed by atoms with Crippen LogP contribution in [0.1, 0.15) is 32.3 Å². The lowest BCUT2D eigenvalue weighted by Gasteiger charge is -2.31. The minimum Gasteiger partial charge on any atom is -1.00 e.